The molecule has 3 rings (SSSR count). The van der Waals surface area contributed by atoms with E-state index in [-0.39, 0.29) is 23.1 Å². The van der Waals surface area contributed by atoms with Crippen LogP contribution < -0.4 is 10.9 Å². The van der Waals surface area contributed by atoms with Crippen molar-refractivity contribution < 1.29 is 4.79 Å². The van der Waals surface area contributed by atoms with Gasteiger partial charge in [-0.2, -0.15) is 0 Å². The summed E-state index contributed by atoms with van der Waals surface area (Å²) in [5.41, 5.74) is 1.18. The van der Waals surface area contributed by atoms with Crippen molar-refractivity contribution >= 4 is 11.6 Å². The molecule has 134 valence electrons. The molecule has 0 spiro atoms. The number of carbonyl (C=O) groups is 1. The van der Waals surface area contributed by atoms with Crippen LogP contribution in [0.1, 0.15) is 67.9 Å². The smallest absolute Gasteiger partial charge is 0.270 e. The summed E-state index contributed by atoms with van der Waals surface area (Å²) >= 11 is 0. The standard InChI is InChI=1S/C20H27N3O2/c1-3-4-7-15-9-11-16(12-10-15)22-19(24)17-13-21-18-8-5-6-14(2)23(18)20(17)25/h5-6,8,13,15-16H,3-4,7,9-12H2,1-2H3,(H,22,24). The van der Waals surface area contributed by atoms with Gasteiger partial charge in [0.2, 0.25) is 0 Å². The lowest BCUT2D eigenvalue weighted by atomic mass is 9.83. The molecule has 5 nitrogen and oxygen atoms in total. The molecule has 25 heavy (non-hydrogen) atoms. The topological polar surface area (TPSA) is 63.5 Å². The minimum atomic E-state index is -0.299. The molecular weight excluding hydrogens is 314 g/mol. The van der Waals surface area contributed by atoms with E-state index in [0.29, 0.717) is 5.65 Å². The Labute approximate surface area is 148 Å². The van der Waals surface area contributed by atoms with E-state index in [0.717, 1.165) is 24.5 Å². The van der Waals surface area contributed by atoms with Crippen LogP contribution in [0.15, 0.2) is 29.2 Å². The molecule has 1 N–H and O–H groups in total. The van der Waals surface area contributed by atoms with E-state index in [1.807, 2.05) is 19.1 Å². The largest absolute Gasteiger partial charge is 0.349 e. The van der Waals surface area contributed by atoms with E-state index in [1.54, 1.807) is 6.07 Å². The quantitative estimate of drug-likeness (QED) is 0.905. The van der Waals surface area contributed by atoms with E-state index >= 15 is 0 Å². The van der Waals surface area contributed by atoms with Crippen LogP contribution in [0.4, 0.5) is 0 Å². The number of aromatic nitrogens is 2. The normalized spacial score (nSPS) is 20.6. The number of nitrogens with one attached hydrogen (secondary N) is 1. The van der Waals surface area contributed by atoms with E-state index in [9.17, 15) is 9.59 Å². The molecule has 2 aromatic rings. The molecule has 0 aromatic carbocycles. The van der Waals surface area contributed by atoms with Crippen molar-refractivity contribution in [2.75, 3.05) is 0 Å². The van der Waals surface area contributed by atoms with Crippen LogP contribution in [0.3, 0.4) is 0 Å². The highest BCUT2D eigenvalue weighted by molar-refractivity contribution is 5.93. The summed E-state index contributed by atoms with van der Waals surface area (Å²) in [7, 11) is 0. The number of hydrogen-bond donors (Lipinski definition) is 1. The summed E-state index contributed by atoms with van der Waals surface area (Å²) in [6.45, 7) is 4.07. The average molecular weight is 341 g/mol. The van der Waals surface area contributed by atoms with Gasteiger partial charge < -0.3 is 5.32 Å². The monoisotopic (exact) mass is 341 g/mol. The summed E-state index contributed by atoms with van der Waals surface area (Å²) in [6.07, 6.45) is 9.57. The Hall–Kier alpha value is -2.17. The van der Waals surface area contributed by atoms with E-state index in [4.69, 9.17) is 0 Å². The minimum Gasteiger partial charge on any atom is -0.349 e. The highest BCUT2D eigenvalue weighted by atomic mass is 16.2. The zero-order valence-electron chi connectivity index (χ0n) is 15.1. The second kappa shape index (κ2) is 7.81. The number of pyridine rings is 1. The maximum absolute atomic E-state index is 12.7. The Balaban J connectivity index is 1.68. The van der Waals surface area contributed by atoms with Crippen LogP contribution in [-0.4, -0.2) is 21.3 Å². The Morgan fingerprint density at radius 1 is 1.28 bits per heavy atom. The van der Waals surface area contributed by atoms with Gasteiger partial charge in [-0.1, -0.05) is 32.3 Å². The van der Waals surface area contributed by atoms with Gasteiger partial charge in [0.1, 0.15) is 11.2 Å². The Kier molecular flexibility index (Phi) is 5.51. The number of hydrogen-bond acceptors (Lipinski definition) is 3. The van der Waals surface area contributed by atoms with Gasteiger partial charge in [0.05, 0.1) is 0 Å². The first-order valence-electron chi connectivity index (χ1n) is 9.38. The molecule has 0 saturated heterocycles. The molecule has 0 aliphatic heterocycles. The highest BCUT2D eigenvalue weighted by Crippen LogP contribution is 2.28. The van der Waals surface area contributed by atoms with E-state index < -0.39 is 0 Å². The summed E-state index contributed by atoms with van der Waals surface area (Å²) in [5.74, 6) is 0.496. The van der Waals surface area contributed by atoms with Crippen LogP contribution >= 0.6 is 0 Å². The third-order valence-electron chi connectivity index (χ3n) is 5.32. The molecule has 1 aliphatic carbocycles. The van der Waals surface area contributed by atoms with E-state index in [2.05, 4.69) is 17.2 Å². The maximum Gasteiger partial charge on any atom is 0.270 e. The zero-order valence-corrected chi connectivity index (χ0v) is 15.1. The summed E-state index contributed by atoms with van der Waals surface area (Å²) < 4.78 is 1.50. The number of aryl methyl sites for hydroxylation is 1. The predicted octanol–water partition coefficient (Wildman–Crippen LogP) is 3.48. The van der Waals surface area contributed by atoms with Crippen LogP contribution in [-0.2, 0) is 0 Å². The van der Waals surface area contributed by atoms with Crippen molar-refractivity contribution in [1.82, 2.24) is 14.7 Å². The van der Waals surface area contributed by atoms with Crippen molar-refractivity contribution in [2.45, 2.75) is 64.8 Å². The van der Waals surface area contributed by atoms with Crippen LogP contribution in [0.5, 0.6) is 0 Å². The molecule has 1 fully saturated rings. The van der Waals surface area contributed by atoms with Gasteiger partial charge in [0.25, 0.3) is 11.5 Å². The van der Waals surface area contributed by atoms with Crippen molar-refractivity contribution in [3.8, 4) is 0 Å². The zero-order chi connectivity index (χ0) is 17.8. The molecule has 0 bridgehead atoms. The molecular formula is C20H27N3O2. The first-order chi connectivity index (χ1) is 12.1. The lowest BCUT2D eigenvalue weighted by molar-refractivity contribution is 0.0919. The number of fused-ring (bicyclic) bond motifs is 1. The fourth-order valence-corrected chi connectivity index (χ4v) is 3.78. The average Bonchev–Trinajstić information content (AvgIpc) is 2.61. The van der Waals surface area contributed by atoms with Gasteiger partial charge in [0, 0.05) is 17.9 Å². The number of carbonyl (C=O) groups excluding carboxylic acids is 1. The summed E-state index contributed by atoms with van der Waals surface area (Å²) in [4.78, 5) is 29.5. The van der Waals surface area contributed by atoms with Crippen LogP contribution in [0.2, 0.25) is 0 Å². The van der Waals surface area contributed by atoms with E-state index in [1.165, 1.54) is 42.7 Å². The minimum absolute atomic E-state index is 0.125. The number of nitrogens with zero attached hydrogens (tertiary/aromatic N) is 2. The lowest BCUT2D eigenvalue weighted by Crippen LogP contribution is -2.40. The first-order valence-corrected chi connectivity index (χ1v) is 9.38. The first kappa shape index (κ1) is 17.6. The Bertz CT molecular complexity index is 804. The van der Waals surface area contributed by atoms with Crippen molar-refractivity contribution in [3.05, 3.63) is 46.0 Å². The van der Waals surface area contributed by atoms with Gasteiger partial charge in [-0.25, -0.2) is 4.98 Å². The van der Waals surface area contributed by atoms with Crippen molar-refractivity contribution in [2.24, 2.45) is 5.92 Å². The molecule has 1 aliphatic rings. The third kappa shape index (κ3) is 3.91. The Morgan fingerprint density at radius 3 is 2.76 bits per heavy atom. The van der Waals surface area contributed by atoms with Gasteiger partial charge in [-0.3, -0.25) is 14.0 Å². The number of unbranched alkanes of at least 4 members (excludes halogenated alkanes) is 1. The molecule has 0 radical (unpaired) electrons. The van der Waals surface area contributed by atoms with Crippen LogP contribution in [0, 0.1) is 12.8 Å². The molecule has 2 heterocycles. The number of rotatable bonds is 5. The van der Waals surface area contributed by atoms with Gasteiger partial charge >= 0.3 is 0 Å². The second-order valence-corrected chi connectivity index (χ2v) is 7.17. The fraction of sp³-hybridized carbons (Fsp3) is 0.550. The van der Waals surface area contributed by atoms with Gasteiger partial charge in [-0.05, 0) is 50.7 Å². The maximum atomic E-state index is 12.7. The fourth-order valence-electron chi connectivity index (χ4n) is 3.78. The second-order valence-electron chi connectivity index (χ2n) is 7.17. The highest BCUT2D eigenvalue weighted by Gasteiger charge is 2.23. The predicted molar refractivity (Wildman–Crippen MR) is 98.9 cm³/mol. The van der Waals surface area contributed by atoms with Crippen molar-refractivity contribution in [1.29, 1.82) is 0 Å². The summed E-state index contributed by atoms with van der Waals surface area (Å²) in [5, 5.41) is 3.04. The molecule has 0 unspecified atom stereocenters. The summed E-state index contributed by atoms with van der Waals surface area (Å²) in [6, 6.07) is 5.64. The van der Waals surface area contributed by atoms with Crippen molar-refractivity contribution in [3.63, 3.8) is 0 Å². The van der Waals surface area contributed by atoms with Gasteiger partial charge in [0.15, 0.2) is 0 Å². The SMILES string of the molecule is CCCCC1CCC(NC(=O)c2cnc3cccc(C)n3c2=O)CC1. The molecule has 0 atom stereocenters. The lowest BCUT2D eigenvalue weighted by Gasteiger charge is -2.29. The molecule has 1 amide bonds. The molecule has 2 aromatic heterocycles. The molecule has 1 saturated carbocycles. The van der Waals surface area contributed by atoms with Gasteiger partial charge in [-0.15, -0.1) is 0 Å². The van der Waals surface area contributed by atoms with Crippen LogP contribution in [0.25, 0.3) is 5.65 Å². The third-order valence-corrected chi connectivity index (χ3v) is 5.32. The Morgan fingerprint density at radius 2 is 2.04 bits per heavy atom. The molecule has 5 heteroatoms. The number of amides is 1.